The van der Waals surface area contributed by atoms with Crippen molar-refractivity contribution < 1.29 is 9.53 Å². The first-order valence-corrected chi connectivity index (χ1v) is 7.50. The lowest BCUT2D eigenvalue weighted by Crippen LogP contribution is -2.07. The van der Waals surface area contributed by atoms with Crippen molar-refractivity contribution in [2.45, 2.75) is 0 Å². The van der Waals surface area contributed by atoms with Crippen molar-refractivity contribution in [2.24, 2.45) is 0 Å². The third kappa shape index (κ3) is 4.42. The molecular formula is C15H13BrO2S. The molecule has 0 saturated carbocycles. The zero-order valence-corrected chi connectivity index (χ0v) is 12.6. The summed E-state index contributed by atoms with van der Waals surface area (Å²) < 4.78 is 6.18. The highest BCUT2D eigenvalue weighted by Crippen LogP contribution is 2.22. The standard InChI is InChI=1S/C15H13BrO2S/c16-13-8-10-19-15(13)14(17)11-18-9-4-7-12-5-2-1-3-6-12/h1-8,10H,9,11H2. The van der Waals surface area contributed by atoms with Crippen LogP contribution in [0.25, 0.3) is 6.08 Å². The highest BCUT2D eigenvalue weighted by Gasteiger charge is 2.10. The Hall–Kier alpha value is -1.23. The number of thiophene rings is 1. The molecule has 2 rings (SSSR count). The average molecular weight is 337 g/mol. The van der Waals surface area contributed by atoms with Gasteiger partial charge in [0.1, 0.15) is 6.61 Å². The molecule has 4 heteroatoms. The van der Waals surface area contributed by atoms with E-state index in [1.807, 2.05) is 53.9 Å². The predicted molar refractivity (Wildman–Crippen MR) is 82.6 cm³/mol. The fourth-order valence-corrected chi connectivity index (χ4v) is 3.05. The van der Waals surface area contributed by atoms with Gasteiger partial charge in [-0.3, -0.25) is 4.79 Å². The van der Waals surface area contributed by atoms with Crippen molar-refractivity contribution in [1.82, 2.24) is 0 Å². The summed E-state index contributed by atoms with van der Waals surface area (Å²) >= 11 is 4.76. The van der Waals surface area contributed by atoms with E-state index in [0.29, 0.717) is 11.5 Å². The number of hydrogen-bond acceptors (Lipinski definition) is 3. The molecule has 0 bridgehead atoms. The van der Waals surface area contributed by atoms with E-state index in [0.717, 1.165) is 10.0 Å². The summed E-state index contributed by atoms with van der Waals surface area (Å²) in [6.45, 7) is 0.544. The van der Waals surface area contributed by atoms with Gasteiger partial charge in [-0.25, -0.2) is 0 Å². The minimum Gasteiger partial charge on any atom is -0.369 e. The van der Waals surface area contributed by atoms with Crippen LogP contribution in [0.2, 0.25) is 0 Å². The molecule has 0 amide bonds. The summed E-state index contributed by atoms with van der Waals surface area (Å²) in [6.07, 6.45) is 3.89. The van der Waals surface area contributed by atoms with Crippen LogP contribution in [-0.4, -0.2) is 19.0 Å². The van der Waals surface area contributed by atoms with Gasteiger partial charge in [-0.2, -0.15) is 0 Å². The van der Waals surface area contributed by atoms with Gasteiger partial charge in [-0.15, -0.1) is 11.3 Å². The first kappa shape index (κ1) is 14.2. The summed E-state index contributed by atoms with van der Waals surface area (Å²) in [4.78, 5) is 12.5. The number of ether oxygens (including phenoxy) is 1. The highest BCUT2D eigenvalue weighted by atomic mass is 79.9. The maximum absolute atomic E-state index is 11.8. The summed E-state index contributed by atoms with van der Waals surface area (Å²) in [5.74, 6) is 0.00925. The Morgan fingerprint density at radius 1 is 1.26 bits per heavy atom. The van der Waals surface area contributed by atoms with Crippen LogP contribution in [0.5, 0.6) is 0 Å². The Bertz CT molecular complexity index is 561. The van der Waals surface area contributed by atoms with E-state index in [2.05, 4.69) is 15.9 Å². The van der Waals surface area contributed by atoms with E-state index in [4.69, 9.17) is 4.74 Å². The van der Waals surface area contributed by atoms with Crippen LogP contribution in [0.3, 0.4) is 0 Å². The SMILES string of the molecule is O=C(COCC=Cc1ccccc1)c1sccc1Br. The smallest absolute Gasteiger partial charge is 0.199 e. The number of carbonyl (C=O) groups excluding carboxylic acids is 1. The number of carbonyl (C=O) groups is 1. The maximum atomic E-state index is 11.8. The van der Waals surface area contributed by atoms with Crippen LogP contribution in [0.4, 0.5) is 0 Å². The van der Waals surface area contributed by atoms with Crippen molar-refractivity contribution in [3.05, 3.63) is 62.8 Å². The number of benzene rings is 1. The van der Waals surface area contributed by atoms with Crippen molar-refractivity contribution in [1.29, 1.82) is 0 Å². The second kappa shape index (κ2) is 7.38. The molecule has 0 radical (unpaired) electrons. The molecule has 0 N–H and O–H groups in total. The molecule has 0 unspecified atom stereocenters. The molecule has 98 valence electrons. The Labute approximate surface area is 124 Å². The van der Waals surface area contributed by atoms with E-state index in [-0.39, 0.29) is 12.4 Å². The summed E-state index contributed by atoms with van der Waals surface area (Å²) in [5, 5.41) is 1.88. The molecule has 1 heterocycles. The van der Waals surface area contributed by atoms with Crippen LogP contribution in [0.1, 0.15) is 15.2 Å². The lowest BCUT2D eigenvalue weighted by atomic mass is 10.2. The van der Waals surface area contributed by atoms with Crippen molar-refractivity contribution in [2.75, 3.05) is 13.2 Å². The molecule has 1 aromatic carbocycles. The Morgan fingerprint density at radius 2 is 2.05 bits per heavy atom. The summed E-state index contributed by atoms with van der Waals surface area (Å²) in [5.41, 5.74) is 1.12. The number of rotatable bonds is 6. The number of hydrogen-bond donors (Lipinski definition) is 0. The second-order valence-electron chi connectivity index (χ2n) is 3.85. The van der Waals surface area contributed by atoms with Gasteiger partial charge in [0.2, 0.25) is 0 Å². The number of ketones is 1. The van der Waals surface area contributed by atoms with E-state index in [9.17, 15) is 4.79 Å². The van der Waals surface area contributed by atoms with Gasteiger partial charge < -0.3 is 4.74 Å². The third-order valence-electron chi connectivity index (χ3n) is 2.43. The molecule has 0 aliphatic heterocycles. The zero-order valence-electron chi connectivity index (χ0n) is 10.2. The van der Waals surface area contributed by atoms with Gasteiger partial charge in [0, 0.05) is 4.47 Å². The minimum atomic E-state index is 0.00925. The van der Waals surface area contributed by atoms with Gasteiger partial charge in [0.25, 0.3) is 0 Å². The fourth-order valence-electron chi connectivity index (χ4n) is 1.53. The van der Waals surface area contributed by atoms with Gasteiger partial charge in [0.05, 0.1) is 11.5 Å². The highest BCUT2D eigenvalue weighted by molar-refractivity contribution is 9.10. The number of halogens is 1. The summed E-state index contributed by atoms with van der Waals surface area (Å²) in [7, 11) is 0. The van der Waals surface area contributed by atoms with E-state index < -0.39 is 0 Å². The van der Waals surface area contributed by atoms with Crippen LogP contribution < -0.4 is 0 Å². The molecule has 0 aliphatic carbocycles. The second-order valence-corrected chi connectivity index (χ2v) is 5.62. The molecule has 0 spiro atoms. The Balaban J connectivity index is 1.74. The first-order valence-electron chi connectivity index (χ1n) is 5.83. The first-order chi connectivity index (χ1) is 9.27. The molecule has 1 aromatic heterocycles. The lowest BCUT2D eigenvalue weighted by Gasteiger charge is -1.99. The molecule has 0 atom stereocenters. The van der Waals surface area contributed by atoms with Crippen molar-refractivity contribution in [3.63, 3.8) is 0 Å². The fraction of sp³-hybridized carbons (Fsp3) is 0.133. The molecule has 0 saturated heterocycles. The van der Waals surface area contributed by atoms with Crippen LogP contribution in [-0.2, 0) is 4.74 Å². The maximum Gasteiger partial charge on any atom is 0.199 e. The van der Waals surface area contributed by atoms with Crippen LogP contribution in [0.15, 0.2) is 52.3 Å². The van der Waals surface area contributed by atoms with Gasteiger partial charge in [-0.05, 0) is 32.9 Å². The molecule has 2 aromatic rings. The quantitative estimate of drug-likeness (QED) is 0.576. The Kier molecular flexibility index (Phi) is 5.51. The Morgan fingerprint density at radius 3 is 2.74 bits per heavy atom. The van der Waals surface area contributed by atoms with Crippen LogP contribution >= 0.6 is 27.3 Å². The largest absolute Gasteiger partial charge is 0.369 e. The molecule has 0 aliphatic rings. The lowest BCUT2D eigenvalue weighted by molar-refractivity contribution is 0.0810. The minimum absolute atomic E-state index is 0.00925. The predicted octanol–water partition coefficient (Wildman–Crippen LogP) is 4.42. The van der Waals surface area contributed by atoms with Crippen LogP contribution in [0, 0.1) is 0 Å². The topological polar surface area (TPSA) is 26.3 Å². The molecule has 2 nitrogen and oxygen atoms in total. The van der Waals surface area contributed by atoms with Gasteiger partial charge in [0.15, 0.2) is 5.78 Å². The van der Waals surface area contributed by atoms with E-state index >= 15 is 0 Å². The van der Waals surface area contributed by atoms with Crippen molar-refractivity contribution >= 4 is 39.1 Å². The average Bonchev–Trinajstić information content (AvgIpc) is 2.86. The zero-order chi connectivity index (χ0) is 13.5. The van der Waals surface area contributed by atoms with E-state index in [1.165, 1.54) is 11.3 Å². The van der Waals surface area contributed by atoms with Gasteiger partial charge >= 0.3 is 0 Å². The monoisotopic (exact) mass is 336 g/mol. The van der Waals surface area contributed by atoms with Gasteiger partial charge in [-0.1, -0.05) is 42.5 Å². The van der Waals surface area contributed by atoms with Crippen molar-refractivity contribution in [3.8, 4) is 0 Å². The number of Topliss-reactive ketones (excluding diaryl/α,β-unsaturated/α-hetero) is 1. The molecular weight excluding hydrogens is 324 g/mol. The third-order valence-corrected chi connectivity index (χ3v) is 4.31. The molecule has 0 fully saturated rings. The van der Waals surface area contributed by atoms with E-state index in [1.54, 1.807) is 0 Å². The normalized spacial score (nSPS) is 11.0. The summed E-state index contributed by atoms with van der Waals surface area (Å²) in [6, 6.07) is 11.9. The molecule has 19 heavy (non-hydrogen) atoms.